The van der Waals surface area contributed by atoms with Gasteiger partial charge in [-0.3, -0.25) is 14.4 Å². The molecule has 0 spiro atoms. The van der Waals surface area contributed by atoms with Crippen LogP contribution in [0.1, 0.15) is 24.7 Å². The Kier molecular flexibility index (Phi) is 3.93. The van der Waals surface area contributed by atoms with Crippen LogP contribution < -0.4 is 5.56 Å². The predicted octanol–water partition coefficient (Wildman–Crippen LogP) is 1.25. The van der Waals surface area contributed by atoms with Crippen LogP contribution in [0.25, 0.3) is 10.9 Å². The fourth-order valence-electron chi connectivity index (χ4n) is 1.92. The van der Waals surface area contributed by atoms with Crippen LogP contribution in [0.3, 0.4) is 0 Å². The summed E-state index contributed by atoms with van der Waals surface area (Å²) in [7, 11) is 0. The Morgan fingerprint density at radius 2 is 2.10 bits per heavy atom. The van der Waals surface area contributed by atoms with Crippen molar-refractivity contribution in [2.45, 2.75) is 26.7 Å². The molecule has 1 N–H and O–H groups in total. The summed E-state index contributed by atoms with van der Waals surface area (Å²) in [5.74, 6) is -0.640. The van der Waals surface area contributed by atoms with Crippen LogP contribution in [0, 0.1) is 6.92 Å². The van der Waals surface area contributed by atoms with E-state index in [0.717, 1.165) is 5.56 Å². The number of fused-ring (bicyclic) bond motifs is 1. The molecule has 1 heterocycles. The monoisotopic (exact) mass is 274 g/mol. The molecular formula is C14H14N2O4. The SMILES string of the molecule is CC(=O)OC(=O)CCc1ccc2nc(C)[nH]c(=O)c2c1. The summed E-state index contributed by atoms with van der Waals surface area (Å²) in [6, 6.07) is 5.24. The first-order chi connectivity index (χ1) is 9.45. The van der Waals surface area contributed by atoms with Gasteiger partial charge < -0.3 is 9.72 Å². The number of nitrogens with zero attached hydrogens (tertiary/aromatic N) is 1. The van der Waals surface area contributed by atoms with Gasteiger partial charge in [0.1, 0.15) is 5.82 Å². The van der Waals surface area contributed by atoms with Crippen molar-refractivity contribution in [3.8, 4) is 0 Å². The van der Waals surface area contributed by atoms with Crippen molar-refractivity contribution in [1.29, 1.82) is 0 Å². The van der Waals surface area contributed by atoms with Gasteiger partial charge in [-0.05, 0) is 31.0 Å². The number of benzene rings is 1. The van der Waals surface area contributed by atoms with E-state index >= 15 is 0 Å². The van der Waals surface area contributed by atoms with Crippen LogP contribution in [-0.4, -0.2) is 21.9 Å². The number of hydrogen-bond acceptors (Lipinski definition) is 5. The van der Waals surface area contributed by atoms with Gasteiger partial charge in [-0.25, -0.2) is 4.98 Å². The number of ether oxygens (including phenoxy) is 1. The first kappa shape index (κ1) is 13.9. The van der Waals surface area contributed by atoms with Crippen LogP contribution >= 0.6 is 0 Å². The Morgan fingerprint density at radius 3 is 2.80 bits per heavy atom. The summed E-state index contributed by atoms with van der Waals surface area (Å²) >= 11 is 0. The molecule has 0 aliphatic rings. The standard InChI is InChI=1S/C14H14N2O4/c1-8-15-12-5-3-10(7-11(12)14(19)16-8)4-6-13(18)20-9(2)17/h3,5,7H,4,6H2,1-2H3,(H,15,16,19). The minimum Gasteiger partial charge on any atom is -0.393 e. The molecule has 2 rings (SSSR count). The molecule has 0 aliphatic heterocycles. The van der Waals surface area contributed by atoms with Crippen LogP contribution in [0.4, 0.5) is 0 Å². The van der Waals surface area contributed by atoms with Gasteiger partial charge in [-0.2, -0.15) is 0 Å². The predicted molar refractivity (Wildman–Crippen MR) is 72.2 cm³/mol. The third kappa shape index (κ3) is 3.28. The van der Waals surface area contributed by atoms with Crippen molar-refractivity contribution in [3.63, 3.8) is 0 Å². The zero-order valence-electron chi connectivity index (χ0n) is 11.2. The molecule has 1 aromatic carbocycles. The van der Waals surface area contributed by atoms with E-state index in [0.29, 0.717) is 23.1 Å². The van der Waals surface area contributed by atoms with E-state index in [2.05, 4.69) is 14.7 Å². The average Bonchev–Trinajstić information content (AvgIpc) is 2.35. The van der Waals surface area contributed by atoms with Gasteiger partial charge in [-0.15, -0.1) is 0 Å². The smallest absolute Gasteiger partial charge is 0.313 e. The van der Waals surface area contributed by atoms with Crippen LogP contribution in [0.15, 0.2) is 23.0 Å². The normalized spacial score (nSPS) is 10.5. The highest BCUT2D eigenvalue weighted by molar-refractivity contribution is 5.84. The van der Waals surface area contributed by atoms with Gasteiger partial charge in [-0.1, -0.05) is 6.07 Å². The minimum absolute atomic E-state index is 0.0856. The number of carbonyl (C=O) groups is 2. The Bertz CT molecular complexity index is 734. The highest BCUT2D eigenvalue weighted by atomic mass is 16.6. The third-order valence-corrected chi connectivity index (χ3v) is 2.76. The van der Waals surface area contributed by atoms with E-state index in [1.807, 2.05) is 0 Å². The second-order valence-electron chi connectivity index (χ2n) is 4.47. The van der Waals surface area contributed by atoms with E-state index in [9.17, 15) is 14.4 Å². The molecule has 104 valence electrons. The Hall–Kier alpha value is -2.50. The van der Waals surface area contributed by atoms with Crippen LogP contribution in [0.2, 0.25) is 0 Å². The van der Waals surface area contributed by atoms with Gasteiger partial charge >= 0.3 is 11.9 Å². The Morgan fingerprint density at radius 1 is 1.35 bits per heavy atom. The number of aryl methyl sites for hydroxylation is 2. The lowest BCUT2D eigenvalue weighted by molar-refractivity contribution is -0.157. The fraction of sp³-hybridized carbons (Fsp3) is 0.286. The van der Waals surface area contributed by atoms with E-state index < -0.39 is 11.9 Å². The number of H-pyrrole nitrogens is 1. The number of esters is 2. The van der Waals surface area contributed by atoms with E-state index in [1.54, 1.807) is 25.1 Å². The van der Waals surface area contributed by atoms with Gasteiger partial charge in [0.05, 0.1) is 17.3 Å². The molecule has 0 radical (unpaired) electrons. The lowest BCUT2D eigenvalue weighted by atomic mass is 10.1. The molecule has 2 aromatic rings. The Balaban J connectivity index is 2.18. The first-order valence-corrected chi connectivity index (χ1v) is 6.16. The topological polar surface area (TPSA) is 89.1 Å². The molecule has 0 amide bonds. The van der Waals surface area contributed by atoms with Crippen LogP contribution in [-0.2, 0) is 20.7 Å². The number of rotatable bonds is 3. The molecule has 20 heavy (non-hydrogen) atoms. The fourth-order valence-corrected chi connectivity index (χ4v) is 1.92. The average molecular weight is 274 g/mol. The molecular weight excluding hydrogens is 260 g/mol. The molecule has 0 fully saturated rings. The maximum absolute atomic E-state index is 11.8. The van der Waals surface area contributed by atoms with Crippen LogP contribution in [0.5, 0.6) is 0 Å². The van der Waals surface area contributed by atoms with Gasteiger partial charge in [0.2, 0.25) is 0 Å². The number of aromatic amines is 1. The highest BCUT2D eigenvalue weighted by Crippen LogP contribution is 2.12. The Labute approximate surface area is 114 Å². The van der Waals surface area contributed by atoms with Crippen molar-refractivity contribution in [1.82, 2.24) is 9.97 Å². The molecule has 0 saturated heterocycles. The number of aromatic nitrogens is 2. The van der Waals surface area contributed by atoms with Crippen molar-refractivity contribution in [2.75, 3.05) is 0 Å². The lowest BCUT2D eigenvalue weighted by Crippen LogP contribution is -2.11. The minimum atomic E-state index is -0.621. The third-order valence-electron chi connectivity index (χ3n) is 2.76. The van der Waals surface area contributed by atoms with Crippen molar-refractivity contribution in [3.05, 3.63) is 39.9 Å². The van der Waals surface area contributed by atoms with Crippen molar-refractivity contribution in [2.24, 2.45) is 0 Å². The largest absolute Gasteiger partial charge is 0.393 e. The summed E-state index contributed by atoms with van der Waals surface area (Å²) in [4.78, 5) is 40.6. The summed E-state index contributed by atoms with van der Waals surface area (Å²) in [5.41, 5.74) is 1.22. The molecule has 0 unspecified atom stereocenters. The summed E-state index contributed by atoms with van der Waals surface area (Å²) in [6.07, 6.45) is 0.484. The molecule has 0 saturated carbocycles. The highest BCUT2D eigenvalue weighted by Gasteiger charge is 2.08. The quantitative estimate of drug-likeness (QED) is 0.672. The summed E-state index contributed by atoms with van der Waals surface area (Å²) in [6.45, 7) is 2.90. The zero-order chi connectivity index (χ0) is 14.7. The van der Waals surface area contributed by atoms with E-state index in [-0.39, 0.29) is 12.0 Å². The second-order valence-corrected chi connectivity index (χ2v) is 4.47. The van der Waals surface area contributed by atoms with Crippen molar-refractivity contribution >= 4 is 22.8 Å². The van der Waals surface area contributed by atoms with Crippen molar-refractivity contribution < 1.29 is 14.3 Å². The maximum Gasteiger partial charge on any atom is 0.313 e. The van der Waals surface area contributed by atoms with Gasteiger partial charge in [0.15, 0.2) is 0 Å². The lowest BCUT2D eigenvalue weighted by Gasteiger charge is -2.03. The molecule has 0 atom stereocenters. The molecule has 1 aromatic heterocycles. The maximum atomic E-state index is 11.8. The number of carbonyl (C=O) groups excluding carboxylic acids is 2. The second kappa shape index (κ2) is 5.64. The molecule has 6 heteroatoms. The number of hydrogen-bond donors (Lipinski definition) is 1. The summed E-state index contributed by atoms with van der Waals surface area (Å²) < 4.78 is 4.44. The number of nitrogens with one attached hydrogen (secondary N) is 1. The first-order valence-electron chi connectivity index (χ1n) is 6.16. The van der Waals surface area contributed by atoms with E-state index in [1.165, 1.54) is 6.92 Å². The van der Waals surface area contributed by atoms with Gasteiger partial charge in [0, 0.05) is 6.92 Å². The molecule has 0 bridgehead atoms. The summed E-state index contributed by atoms with van der Waals surface area (Å²) in [5, 5.41) is 0.480. The van der Waals surface area contributed by atoms with Gasteiger partial charge in [0.25, 0.3) is 5.56 Å². The molecule has 0 aliphatic carbocycles. The zero-order valence-corrected chi connectivity index (χ0v) is 11.2. The molecule has 6 nitrogen and oxygen atoms in total. The van der Waals surface area contributed by atoms with E-state index in [4.69, 9.17) is 0 Å².